The Morgan fingerprint density at radius 3 is 2.83 bits per heavy atom. The van der Waals surface area contributed by atoms with Crippen LogP contribution in [0.1, 0.15) is 50.0 Å². The largest absolute Gasteiger partial charge is 0.448 e. The summed E-state index contributed by atoms with van der Waals surface area (Å²) in [7, 11) is 0. The van der Waals surface area contributed by atoms with Crippen molar-refractivity contribution in [3.63, 3.8) is 0 Å². The molecule has 0 saturated heterocycles. The summed E-state index contributed by atoms with van der Waals surface area (Å²) in [5, 5.41) is 10.5. The lowest BCUT2D eigenvalue weighted by molar-refractivity contribution is -0.130. The van der Waals surface area contributed by atoms with Gasteiger partial charge in [-0.25, -0.2) is 4.79 Å². The predicted molar refractivity (Wildman–Crippen MR) is 90.5 cm³/mol. The molecule has 1 fully saturated rings. The summed E-state index contributed by atoms with van der Waals surface area (Å²) in [5.41, 5.74) is 0.967. The number of nitrogens with zero attached hydrogens (tertiary/aromatic N) is 1. The summed E-state index contributed by atoms with van der Waals surface area (Å²) >= 11 is 0. The SMILES string of the molecule is C[C@@H](OC(=O)c1n[nH]c2ccccc12)C(=O)N[C@H]1CCCC[C@@H]1C. The summed E-state index contributed by atoms with van der Waals surface area (Å²) in [6.07, 6.45) is 3.60. The summed E-state index contributed by atoms with van der Waals surface area (Å²) in [6, 6.07) is 7.48. The number of carbonyl (C=O) groups excluding carboxylic acids is 2. The second kappa shape index (κ2) is 7.03. The first-order valence-corrected chi connectivity index (χ1v) is 8.50. The van der Waals surface area contributed by atoms with Crippen LogP contribution < -0.4 is 5.32 Å². The van der Waals surface area contributed by atoms with Crippen LogP contribution in [0.25, 0.3) is 10.9 Å². The molecule has 0 spiro atoms. The van der Waals surface area contributed by atoms with E-state index in [4.69, 9.17) is 4.74 Å². The molecule has 2 aromatic rings. The highest BCUT2D eigenvalue weighted by Crippen LogP contribution is 2.24. The maximum atomic E-state index is 12.3. The van der Waals surface area contributed by atoms with E-state index in [0.29, 0.717) is 11.3 Å². The second-order valence-electron chi connectivity index (χ2n) is 6.54. The number of nitrogens with one attached hydrogen (secondary N) is 2. The van der Waals surface area contributed by atoms with E-state index in [9.17, 15) is 9.59 Å². The molecule has 0 aliphatic heterocycles. The van der Waals surface area contributed by atoms with Crippen molar-refractivity contribution in [1.29, 1.82) is 0 Å². The molecule has 0 radical (unpaired) electrons. The number of para-hydroxylation sites is 1. The monoisotopic (exact) mass is 329 g/mol. The summed E-state index contributed by atoms with van der Waals surface area (Å²) < 4.78 is 5.31. The van der Waals surface area contributed by atoms with Crippen LogP contribution in [0.15, 0.2) is 24.3 Å². The molecule has 2 N–H and O–H groups in total. The minimum atomic E-state index is -0.845. The molecule has 128 valence electrons. The number of aromatic amines is 1. The molecule has 1 aromatic carbocycles. The Hall–Kier alpha value is -2.37. The van der Waals surface area contributed by atoms with Crippen molar-refractivity contribution in [2.24, 2.45) is 5.92 Å². The molecule has 1 heterocycles. The Kier molecular flexibility index (Phi) is 4.83. The normalized spacial score (nSPS) is 22.1. The third-order valence-electron chi connectivity index (χ3n) is 4.76. The molecule has 6 nitrogen and oxygen atoms in total. The first-order chi connectivity index (χ1) is 11.6. The fourth-order valence-electron chi connectivity index (χ4n) is 3.22. The van der Waals surface area contributed by atoms with Gasteiger partial charge < -0.3 is 10.1 Å². The number of aromatic nitrogens is 2. The first-order valence-electron chi connectivity index (χ1n) is 8.50. The van der Waals surface area contributed by atoms with Crippen molar-refractivity contribution in [3.05, 3.63) is 30.0 Å². The van der Waals surface area contributed by atoms with Gasteiger partial charge in [-0.15, -0.1) is 0 Å². The molecule has 1 aliphatic carbocycles. The number of esters is 1. The van der Waals surface area contributed by atoms with Gasteiger partial charge in [0.1, 0.15) is 0 Å². The number of H-pyrrole nitrogens is 1. The van der Waals surface area contributed by atoms with E-state index in [1.165, 1.54) is 6.42 Å². The summed E-state index contributed by atoms with van der Waals surface area (Å²) in [5.74, 6) is -0.380. The molecule has 3 atom stereocenters. The molecular weight excluding hydrogens is 306 g/mol. The molecule has 1 aliphatic rings. The van der Waals surface area contributed by atoms with Crippen molar-refractivity contribution in [3.8, 4) is 0 Å². The zero-order chi connectivity index (χ0) is 17.1. The summed E-state index contributed by atoms with van der Waals surface area (Å²) in [4.78, 5) is 24.6. The smallest absolute Gasteiger partial charge is 0.360 e. The molecule has 0 unspecified atom stereocenters. The van der Waals surface area contributed by atoms with Gasteiger partial charge in [0, 0.05) is 11.4 Å². The van der Waals surface area contributed by atoms with E-state index in [2.05, 4.69) is 22.4 Å². The van der Waals surface area contributed by atoms with E-state index in [1.807, 2.05) is 18.2 Å². The Morgan fingerprint density at radius 1 is 1.29 bits per heavy atom. The molecule has 6 heteroatoms. The highest BCUT2D eigenvalue weighted by molar-refractivity contribution is 6.02. The predicted octanol–water partition coefficient (Wildman–Crippen LogP) is 2.80. The Bertz CT molecular complexity index is 740. The number of carbonyl (C=O) groups is 2. The molecule has 1 aromatic heterocycles. The highest BCUT2D eigenvalue weighted by atomic mass is 16.5. The van der Waals surface area contributed by atoms with Crippen LogP contribution in [0, 0.1) is 5.92 Å². The number of benzene rings is 1. The Balaban J connectivity index is 1.62. The van der Waals surface area contributed by atoms with E-state index >= 15 is 0 Å². The zero-order valence-electron chi connectivity index (χ0n) is 14.0. The van der Waals surface area contributed by atoms with Crippen LogP contribution in [-0.2, 0) is 9.53 Å². The fourth-order valence-corrected chi connectivity index (χ4v) is 3.22. The van der Waals surface area contributed by atoms with Gasteiger partial charge in [-0.2, -0.15) is 5.10 Å². The lowest BCUT2D eigenvalue weighted by Crippen LogP contribution is -2.46. The fraction of sp³-hybridized carbons (Fsp3) is 0.500. The van der Waals surface area contributed by atoms with E-state index in [1.54, 1.807) is 13.0 Å². The number of fused-ring (bicyclic) bond motifs is 1. The molecule has 3 rings (SSSR count). The van der Waals surface area contributed by atoms with Crippen LogP contribution in [0.2, 0.25) is 0 Å². The van der Waals surface area contributed by atoms with E-state index < -0.39 is 12.1 Å². The standard InChI is InChI=1S/C18H23N3O3/c1-11-7-3-5-9-14(11)19-17(22)12(2)24-18(23)16-13-8-4-6-10-15(13)20-21-16/h4,6,8,10-12,14H,3,5,7,9H2,1-2H3,(H,19,22)(H,20,21)/t11-,12+,14-/m0/s1. The average Bonchev–Trinajstić information content (AvgIpc) is 3.01. The highest BCUT2D eigenvalue weighted by Gasteiger charge is 2.27. The van der Waals surface area contributed by atoms with E-state index in [0.717, 1.165) is 24.8 Å². The van der Waals surface area contributed by atoms with Crippen LogP contribution >= 0.6 is 0 Å². The number of hydrogen-bond acceptors (Lipinski definition) is 4. The molecule has 0 bridgehead atoms. The molecule has 1 amide bonds. The third-order valence-corrected chi connectivity index (χ3v) is 4.76. The minimum absolute atomic E-state index is 0.165. The molecule has 24 heavy (non-hydrogen) atoms. The average molecular weight is 329 g/mol. The van der Waals surface area contributed by atoms with Gasteiger partial charge >= 0.3 is 5.97 Å². The number of rotatable bonds is 4. The number of hydrogen-bond donors (Lipinski definition) is 2. The Labute approximate surface area is 141 Å². The van der Waals surface area contributed by atoms with Crippen LogP contribution in [0.5, 0.6) is 0 Å². The topological polar surface area (TPSA) is 84.1 Å². The van der Waals surface area contributed by atoms with Gasteiger partial charge in [0.05, 0.1) is 5.52 Å². The van der Waals surface area contributed by atoms with Crippen molar-refractivity contribution in [1.82, 2.24) is 15.5 Å². The van der Waals surface area contributed by atoms with Gasteiger partial charge in [-0.3, -0.25) is 9.89 Å². The van der Waals surface area contributed by atoms with Gasteiger partial charge in [0.15, 0.2) is 11.8 Å². The van der Waals surface area contributed by atoms with Crippen molar-refractivity contribution >= 4 is 22.8 Å². The third kappa shape index (κ3) is 3.42. The van der Waals surface area contributed by atoms with E-state index in [-0.39, 0.29) is 17.6 Å². The quantitative estimate of drug-likeness (QED) is 0.845. The zero-order valence-corrected chi connectivity index (χ0v) is 14.0. The molecular formula is C18H23N3O3. The molecule has 1 saturated carbocycles. The van der Waals surface area contributed by atoms with Gasteiger partial charge in [-0.1, -0.05) is 38.0 Å². The number of ether oxygens (including phenoxy) is 1. The maximum Gasteiger partial charge on any atom is 0.360 e. The van der Waals surface area contributed by atoms with Crippen LogP contribution in [-0.4, -0.2) is 34.2 Å². The van der Waals surface area contributed by atoms with Crippen molar-refractivity contribution in [2.75, 3.05) is 0 Å². The van der Waals surface area contributed by atoms with Gasteiger partial charge in [0.25, 0.3) is 5.91 Å². The van der Waals surface area contributed by atoms with Crippen LogP contribution in [0.4, 0.5) is 0 Å². The second-order valence-corrected chi connectivity index (χ2v) is 6.54. The first kappa shape index (κ1) is 16.5. The lowest BCUT2D eigenvalue weighted by atomic mass is 9.86. The van der Waals surface area contributed by atoms with Crippen molar-refractivity contribution in [2.45, 2.75) is 51.7 Å². The lowest BCUT2D eigenvalue weighted by Gasteiger charge is -2.30. The Morgan fingerprint density at radius 2 is 2.04 bits per heavy atom. The van der Waals surface area contributed by atoms with Gasteiger partial charge in [-0.05, 0) is 31.7 Å². The summed E-state index contributed by atoms with van der Waals surface area (Å²) in [6.45, 7) is 3.74. The maximum absolute atomic E-state index is 12.3. The minimum Gasteiger partial charge on any atom is -0.448 e. The van der Waals surface area contributed by atoms with Crippen molar-refractivity contribution < 1.29 is 14.3 Å². The number of amides is 1. The van der Waals surface area contributed by atoms with Gasteiger partial charge in [0.2, 0.25) is 0 Å². The van der Waals surface area contributed by atoms with Crippen LogP contribution in [0.3, 0.4) is 0 Å².